The number of nitrogens with one attached hydrogen (secondary N) is 2. The topological polar surface area (TPSA) is 98.1 Å². The molecule has 2 N–H and O–H groups in total. The van der Waals surface area contributed by atoms with E-state index in [1.807, 2.05) is 29.6 Å². The minimum atomic E-state index is -0.257. The molecular weight excluding hydrogens is 494 g/mol. The van der Waals surface area contributed by atoms with Crippen molar-refractivity contribution in [2.75, 3.05) is 18.2 Å². The summed E-state index contributed by atoms with van der Waals surface area (Å²) in [5, 5.41) is 17.9. The molecule has 0 spiro atoms. The van der Waals surface area contributed by atoms with Crippen molar-refractivity contribution in [2.45, 2.75) is 11.7 Å². The lowest BCUT2D eigenvalue weighted by atomic mass is 10.2. The summed E-state index contributed by atoms with van der Waals surface area (Å²) in [6.07, 6.45) is 0. The lowest BCUT2D eigenvalue weighted by Gasteiger charge is -2.11. The highest BCUT2D eigenvalue weighted by Crippen LogP contribution is 2.25. The molecule has 2 heterocycles. The summed E-state index contributed by atoms with van der Waals surface area (Å²) in [6, 6.07) is 17.7. The van der Waals surface area contributed by atoms with E-state index >= 15 is 0 Å². The number of hydrogen-bond acceptors (Lipinski definition) is 7. The van der Waals surface area contributed by atoms with E-state index in [9.17, 15) is 9.59 Å². The van der Waals surface area contributed by atoms with Gasteiger partial charge in [0, 0.05) is 10.6 Å². The SMILES string of the molecule is COc1ccc(C(=O)NCc2nnc(SCC(=O)Nc3cccs3)n2-c2cccc(Cl)c2)cc1. The summed E-state index contributed by atoms with van der Waals surface area (Å²) >= 11 is 8.90. The Kier molecular flexibility index (Phi) is 7.84. The van der Waals surface area contributed by atoms with E-state index in [0.717, 1.165) is 10.7 Å². The van der Waals surface area contributed by atoms with Gasteiger partial charge in [0.2, 0.25) is 5.91 Å². The van der Waals surface area contributed by atoms with Crippen molar-refractivity contribution in [1.29, 1.82) is 0 Å². The van der Waals surface area contributed by atoms with Crippen LogP contribution in [0.15, 0.2) is 71.2 Å². The van der Waals surface area contributed by atoms with E-state index in [-0.39, 0.29) is 24.1 Å². The Balaban J connectivity index is 1.50. The molecule has 2 aromatic carbocycles. The minimum Gasteiger partial charge on any atom is -0.497 e. The Morgan fingerprint density at radius 1 is 1.12 bits per heavy atom. The standard InChI is InChI=1S/C23H20ClN5O3S2/c1-32-18-9-7-15(8-10-18)22(31)25-13-19-27-28-23(29(19)17-5-2-4-16(24)12-17)34-14-20(30)26-21-6-3-11-33-21/h2-12H,13-14H2,1H3,(H,25,31)(H,26,30). The van der Waals surface area contributed by atoms with Crippen LogP contribution in [-0.4, -0.2) is 39.4 Å². The van der Waals surface area contributed by atoms with Crippen LogP contribution in [0.2, 0.25) is 5.02 Å². The van der Waals surface area contributed by atoms with Gasteiger partial charge in [-0.2, -0.15) is 0 Å². The maximum atomic E-state index is 12.6. The van der Waals surface area contributed by atoms with Crippen LogP contribution in [0.3, 0.4) is 0 Å². The first-order chi connectivity index (χ1) is 16.5. The molecule has 174 valence electrons. The molecule has 0 radical (unpaired) electrons. The van der Waals surface area contributed by atoms with Gasteiger partial charge in [-0.25, -0.2) is 0 Å². The number of nitrogens with zero attached hydrogens (tertiary/aromatic N) is 3. The number of thioether (sulfide) groups is 1. The van der Waals surface area contributed by atoms with Gasteiger partial charge in [-0.05, 0) is 60.0 Å². The highest BCUT2D eigenvalue weighted by atomic mass is 35.5. The number of carbonyl (C=O) groups is 2. The summed E-state index contributed by atoms with van der Waals surface area (Å²) in [5.41, 5.74) is 1.22. The van der Waals surface area contributed by atoms with Crippen LogP contribution in [0.1, 0.15) is 16.2 Å². The molecular formula is C23H20ClN5O3S2. The molecule has 0 atom stereocenters. The van der Waals surface area contributed by atoms with Crippen molar-refractivity contribution < 1.29 is 14.3 Å². The highest BCUT2D eigenvalue weighted by molar-refractivity contribution is 7.99. The van der Waals surface area contributed by atoms with E-state index < -0.39 is 0 Å². The first-order valence-electron chi connectivity index (χ1n) is 10.1. The van der Waals surface area contributed by atoms with Crippen molar-refractivity contribution in [3.05, 3.63) is 82.5 Å². The maximum absolute atomic E-state index is 12.6. The zero-order valence-electron chi connectivity index (χ0n) is 18.0. The minimum absolute atomic E-state index is 0.131. The van der Waals surface area contributed by atoms with Crippen molar-refractivity contribution in [2.24, 2.45) is 0 Å². The van der Waals surface area contributed by atoms with Gasteiger partial charge in [0.05, 0.1) is 30.1 Å². The van der Waals surface area contributed by atoms with Crippen LogP contribution in [0.5, 0.6) is 5.75 Å². The van der Waals surface area contributed by atoms with Crippen LogP contribution in [0.25, 0.3) is 5.69 Å². The molecule has 4 aromatic rings. The van der Waals surface area contributed by atoms with Crippen molar-refractivity contribution in [1.82, 2.24) is 20.1 Å². The fraction of sp³-hybridized carbons (Fsp3) is 0.130. The number of halogens is 1. The first kappa shape index (κ1) is 23.8. The molecule has 2 aromatic heterocycles. The van der Waals surface area contributed by atoms with Crippen LogP contribution in [-0.2, 0) is 11.3 Å². The summed E-state index contributed by atoms with van der Waals surface area (Å²) in [7, 11) is 1.57. The van der Waals surface area contributed by atoms with Gasteiger partial charge in [0.1, 0.15) is 5.75 Å². The third-order valence-corrected chi connectivity index (χ3v) is 6.59. The molecule has 0 saturated carbocycles. The average molecular weight is 514 g/mol. The molecule has 34 heavy (non-hydrogen) atoms. The van der Waals surface area contributed by atoms with Gasteiger partial charge in [-0.3, -0.25) is 14.2 Å². The number of methoxy groups -OCH3 is 1. The molecule has 0 bridgehead atoms. The zero-order chi connectivity index (χ0) is 23.9. The third-order valence-electron chi connectivity index (χ3n) is 4.64. The number of carbonyl (C=O) groups excluding carboxylic acids is 2. The molecule has 8 nitrogen and oxygen atoms in total. The Morgan fingerprint density at radius 2 is 1.94 bits per heavy atom. The summed E-state index contributed by atoms with van der Waals surface area (Å²) in [6.45, 7) is 0.131. The number of benzene rings is 2. The van der Waals surface area contributed by atoms with Crippen molar-refractivity contribution in [3.63, 3.8) is 0 Å². The van der Waals surface area contributed by atoms with Crippen LogP contribution >= 0.6 is 34.7 Å². The quantitative estimate of drug-likeness (QED) is 0.316. The van der Waals surface area contributed by atoms with Gasteiger partial charge in [0.15, 0.2) is 11.0 Å². The van der Waals surface area contributed by atoms with E-state index in [1.54, 1.807) is 48.1 Å². The fourth-order valence-electron chi connectivity index (χ4n) is 3.04. The maximum Gasteiger partial charge on any atom is 0.251 e. The molecule has 0 aliphatic heterocycles. The third kappa shape index (κ3) is 5.96. The van der Waals surface area contributed by atoms with E-state index in [2.05, 4.69) is 20.8 Å². The summed E-state index contributed by atoms with van der Waals surface area (Å²) < 4.78 is 6.91. The lowest BCUT2D eigenvalue weighted by Crippen LogP contribution is -2.24. The van der Waals surface area contributed by atoms with Crippen LogP contribution in [0.4, 0.5) is 5.00 Å². The zero-order valence-corrected chi connectivity index (χ0v) is 20.4. The van der Waals surface area contributed by atoms with Gasteiger partial charge in [-0.15, -0.1) is 21.5 Å². The molecule has 0 fully saturated rings. The predicted molar refractivity (Wildman–Crippen MR) is 134 cm³/mol. The monoisotopic (exact) mass is 513 g/mol. The summed E-state index contributed by atoms with van der Waals surface area (Å²) in [4.78, 5) is 24.9. The van der Waals surface area contributed by atoms with E-state index in [1.165, 1.54) is 23.1 Å². The van der Waals surface area contributed by atoms with Gasteiger partial charge >= 0.3 is 0 Å². The Hall–Kier alpha value is -3.34. The largest absolute Gasteiger partial charge is 0.497 e. The lowest BCUT2D eigenvalue weighted by molar-refractivity contribution is -0.113. The van der Waals surface area contributed by atoms with Gasteiger partial charge < -0.3 is 15.4 Å². The molecule has 0 saturated heterocycles. The van der Waals surface area contributed by atoms with E-state index in [4.69, 9.17) is 16.3 Å². The molecule has 0 aliphatic rings. The smallest absolute Gasteiger partial charge is 0.251 e. The van der Waals surface area contributed by atoms with Gasteiger partial charge in [-0.1, -0.05) is 29.4 Å². The number of aromatic nitrogens is 3. The molecule has 4 rings (SSSR count). The number of amides is 2. The Morgan fingerprint density at radius 3 is 2.65 bits per heavy atom. The van der Waals surface area contributed by atoms with Crippen LogP contribution in [0, 0.1) is 0 Å². The normalized spacial score (nSPS) is 10.6. The van der Waals surface area contributed by atoms with Crippen LogP contribution < -0.4 is 15.4 Å². The number of hydrogen-bond donors (Lipinski definition) is 2. The first-order valence-corrected chi connectivity index (χ1v) is 12.4. The molecule has 0 unspecified atom stereocenters. The Bertz CT molecular complexity index is 1280. The number of anilines is 1. The molecule has 2 amide bonds. The molecule has 0 aliphatic carbocycles. The molecule has 11 heteroatoms. The van der Waals surface area contributed by atoms with Crippen molar-refractivity contribution in [3.8, 4) is 11.4 Å². The van der Waals surface area contributed by atoms with E-state index in [0.29, 0.717) is 27.3 Å². The Labute approximate surface area is 209 Å². The second-order valence-corrected chi connectivity index (χ2v) is 9.27. The van der Waals surface area contributed by atoms with Gasteiger partial charge in [0.25, 0.3) is 5.91 Å². The van der Waals surface area contributed by atoms with Crippen molar-refractivity contribution >= 4 is 51.5 Å². The fourth-order valence-corrected chi connectivity index (χ4v) is 4.63. The summed E-state index contributed by atoms with van der Waals surface area (Å²) in [5.74, 6) is 0.914. The number of ether oxygens (including phenoxy) is 1. The predicted octanol–water partition coefficient (Wildman–Crippen LogP) is 4.65. The second-order valence-electron chi connectivity index (χ2n) is 6.94. The highest BCUT2D eigenvalue weighted by Gasteiger charge is 2.17. The number of rotatable bonds is 9. The second kappa shape index (κ2) is 11.2. The number of thiophene rings is 1. The average Bonchev–Trinajstić information content (AvgIpc) is 3.51.